The van der Waals surface area contributed by atoms with Crippen molar-refractivity contribution in [3.05, 3.63) is 128 Å². The molecule has 296 valence electrons. The first-order valence-electron chi connectivity index (χ1n) is 18.2. The molecule has 0 radical (unpaired) electrons. The van der Waals surface area contributed by atoms with Crippen LogP contribution in [-0.4, -0.2) is 34.6 Å². The zero-order valence-corrected chi connectivity index (χ0v) is 35.0. The first-order valence-corrected chi connectivity index (χ1v) is 19.8. The smallest absolute Gasteiger partial charge is 0.238 e. The highest BCUT2D eigenvalue weighted by Gasteiger charge is 2.70. The molecule has 4 aliphatic rings. The van der Waals surface area contributed by atoms with Gasteiger partial charge in [0.25, 0.3) is 0 Å². The number of nitrogens with one attached hydrogen (secondary N) is 2. The van der Waals surface area contributed by atoms with Crippen molar-refractivity contribution in [2.24, 2.45) is 10.8 Å². The number of fused-ring (bicyclic) bond motifs is 4. The molecule has 0 unspecified atom stereocenters. The second-order valence-corrected chi connectivity index (χ2v) is 16.7. The maximum absolute atomic E-state index is 13.2. The Morgan fingerprint density at radius 1 is 0.593 bits per heavy atom. The van der Waals surface area contributed by atoms with E-state index in [1.165, 1.54) is 13.8 Å². The van der Waals surface area contributed by atoms with Gasteiger partial charge in [0.15, 0.2) is 10.8 Å². The summed E-state index contributed by atoms with van der Waals surface area (Å²) >= 11 is 6.74. The number of rotatable bonds is 2. The molecule has 2 aliphatic carbocycles. The van der Waals surface area contributed by atoms with Crippen LogP contribution in [0, 0.1) is 56.2 Å². The van der Waals surface area contributed by atoms with Gasteiger partial charge < -0.3 is 20.9 Å². The highest BCUT2D eigenvalue weighted by atomic mass is 79.9. The molecule has 2 fully saturated rings. The highest BCUT2D eigenvalue weighted by Crippen LogP contribution is 2.62. The Morgan fingerprint density at radius 2 is 0.915 bits per heavy atom. The van der Waals surface area contributed by atoms with Gasteiger partial charge >= 0.3 is 0 Å². The topological polar surface area (TPSA) is 236 Å². The van der Waals surface area contributed by atoms with Gasteiger partial charge in [0.1, 0.15) is 28.2 Å². The van der Waals surface area contributed by atoms with Crippen LogP contribution >= 0.6 is 31.9 Å². The van der Waals surface area contributed by atoms with Crippen molar-refractivity contribution in [1.82, 2.24) is 0 Å². The summed E-state index contributed by atoms with van der Waals surface area (Å²) < 4.78 is 1.53. The van der Waals surface area contributed by atoms with E-state index in [-0.39, 0.29) is 48.5 Å². The Labute approximate surface area is 357 Å². The molecule has 2 spiro atoms. The Bertz CT molecular complexity index is 2350. The average molecular weight is 917 g/mol. The third-order valence-corrected chi connectivity index (χ3v) is 12.4. The van der Waals surface area contributed by atoms with Gasteiger partial charge in [-0.2, -0.15) is 21.0 Å². The fourth-order valence-corrected chi connectivity index (χ4v) is 9.76. The Balaban J connectivity index is 0.000000203. The van der Waals surface area contributed by atoms with E-state index < -0.39 is 45.3 Å². The lowest BCUT2D eigenvalue weighted by atomic mass is 9.49. The molecule has 2 saturated carbocycles. The quantitative estimate of drug-likeness (QED) is 0.203. The molecular formula is C45H36Br2N6O6. The molecule has 0 saturated heterocycles. The number of hydrogen-bond acceptors (Lipinski definition) is 9. The largest absolute Gasteiger partial charge is 0.412 e. The number of nitrogens with zero attached hydrogens (tertiary/aromatic N) is 4. The van der Waals surface area contributed by atoms with Crippen LogP contribution < -0.4 is 10.6 Å². The van der Waals surface area contributed by atoms with E-state index in [1.807, 2.05) is 12.1 Å². The highest BCUT2D eigenvalue weighted by molar-refractivity contribution is 9.10. The molecule has 8 rings (SSSR count). The van der Waals surface area contributed by atoms with Crippen LogP contribution in [0.15, 0.2) is 106 Å². The lowest BCUT2D eigenvalue weighted by Crippen LogP contribution is -2.56. The number of ketones is 3. The van der Waals surface area contributed by atoms with Gasteiger partial charge in [-0.05, 0) is 60.4 Å². The Hall–Kier alpha value is -6.29. The van der Waals surface area contributed by atoms with Gasteiger partial charge in [-0.15, -0.1) is 0 Å². The predicted octanol–water partition coefficient (Wildman–Crippen LogP) is 7.41. The number of amides is 2. The lowest BCUT2D eigenvalue weighted by molar-refractivity contribution is -0.134. The second kappa shape index (κ2) is 16.9. The minimum absolute atomic E-state index is 0. The van der Waals surface area contributed by atoms with E-state index in [1.54, 1.807) is 84.9 Å². The summed E-state index contributed by atoms with van der Waals surface area (Å²) in [5, 5.41) is 46.4. The second-order valence-electron chi connectivity index (χ2n) is 14.8. The molecule has 4 atom stereocenters. The first kappa shape index (κ1) is 43.8. The number of halogens is 2. The predicted molar refractivity (Wildman–Crippen MR) is 223 cm³/mol. The van der Waals surface area contributed by atoms with E-state index in [0.717, 1.165) is 8.95 Å². The van der Waals surface area contributed by atoms with Gasteiger partial charge in [-0.1, -0.05) is 105 Å². The third-order valence-electron chi connectivity index (χ3n) is 11.4. The number of benzene rings is 4. The first-order chi connectivity index (χ1) is 27.7. The maximum atomic E-state index is 13.2. The van der Waals surface area contributed by atoms with Crippen LogP contribution in [0.4, 0.5) is 11.4 Å². The summed E-state index contributed by atoms with van der Waals surface area (Å²) in [6.07, 6.45) is -0.187. The van der Waals surface area contributed by atoms with Crippen LogP contribution in [0.2, 0.25) is 0 Å². The normalized spacial score (nSPS) is 23.7. The average Bonchev–Trinajstić information content (AvgIpc) is 3.63. The van der Waals surface area contributed by atoms with Gasteiger partial charge in [0.05, 0.1) is 24.3 Å². The molecule has 4 aromatic rings. The van der Waals surface area contributed by atoms with Crippen molar-refractivity contribution >= 4 is 72.4 Å². The SMILES string of the molecule is CC(C)=O.N#CC1(C#N)[C@@H](c2ccccc2)CC(=O)C[C@@]12C(=O)Nc1cc(Br)ccc12.N#CC1(C#N)[C@@H](c2ccccc2)CC(=O)C[C@@]12C(=O)Nc1cc(Br)ccc12.O. The molecule has 0 bridgehead atoms. The monoisotopic (exact) mass is 914 g/mol. The van der Waals surface area contributed by atoms with Crippen LogP contribution in [0.1, 0.15) is 73.6 Å². The van der Waals surface area contributed by atoms with Crippen molar-refractivity contribution in [2.75, 3.05) is 10.6 Å². The number of hydrogen-bond donors (Lipinski definition) is 2. The van der Waals surface area contributed by atoms with Crippen LogP contribution in [0.3, 0.4) is 0 Å². The van der Waals surface area contributed by atoms with Crippen LogP contribution in [0.5, 0.6) is 0 Å². The molecule has 2 heterocycles. The summed E-state index contributed by atoms with van der Waals surface area (Å²) in [7, 11) is 0. The van der Waals surface area contributed by atoms with Gasteiger partial charge in [0, 0.05) is 57.8 Å². The van der Waals surface area contributed by atoms with Crippen molar-refractivity contribution in [1.29, 1.82) is 21.0 Å². The zero-order valence-electron chi connectivity index (χ0n) is 31.8. The summed E-state index contributed by atoms with van der Waals surface area (Å²) in [5.74, 6) is -2.39. The third kappa shape index (κ3) is 6.94. The fourth-order valence-electron chi connectivity index (χ4n) is 9.04. The van der Waals surface area contributed by atoms with E-state index in [4.69, 9.17) is 0 Å². The van der Waals surface area contributed by atoms with Crippen LogP contribution in [0.25, 0.3) is 0 Å². The van der Waals surface area contributed by atoms with Crippen molar-refractivity contribution in [3.63, 3.8) is 0 Å². The Kier molecular flexibility index (Phi) is 12.6. The molecule has 2 amide bonds. The van der Waals surface area contributed by atoms with Crippen LogP contribution in [-0.2, 0) is 34.8 Å². The minimum atomic E-state index is -1.69. The Morgan fingerprint density at radius 3 is 1.22 bits per heavy atom. The molecule has 4 N–H and O–H groups in total. The van der Waals surface area contributed by atoms with E-state index in [2.05, 4.69) is 66.8 Å². The minimum Gasteiger partial charge on any atom is -0.412 e. The van der Waals surface area contributed by atoms with Crippen molar-refractivity contribution in [2.45, 2.75) is 62.2 Å². The summed E-state index contributed by atoms with van der Waals surface area (Å²) in [6.45, 7) is 3.06. The van der Waals surface area contributed by atoms with E-state index in [9.17, 15) is 45.0 Å². The number of carbonyl (C=O) groups is 5. The molecule has 59 heavy (non-hydrogen) atoms. The number of Topliss-reactive ketones (excluding diaryl/α,β-unsaturated/α-hetero) is 3. The van der Waals surface area contributed by atoms with Gasteiger partial charge in [-0.25, -0.2) is 0 Å². The summed E-state index contributed by atoms with van der Waals surface area (Å²) in [4.78, 5) is 61.3. The summed E-state index contributed by atoms with van der Waals surface area (Å²) in [6, 6.07) is 37.2. The lowest BCUT2D eigenvalue weighted by Gasteiger charge is -2.46. The van der Waals surface area contributed by atoms with Crippen molar-refractivity contribution in [3.8, 4) is 24.3 Å². The molecule has 2 aliphatic heterocycles. The molecular weight excluding hydrogens is 880 g/mol. The van der Waals surface area contributed by atoms with Gasteiger partial charge in [-0.3, -0.25) is 19.2 Å². The summed E-state index contributed by atoms with van der Waals surface area (Å²) in [5.41, 5.74) is -2.86. The number of nitriles is 4. The molecule has 4 aromatic carbocycles. The standard InChI is InChI=1S/2C21H14BrN3O2.C3H6O.H2O/c2*22-14-6-7-16-18(8-14)25-19(27)21(16)10-15(26)9-17(20(21,11-23)12-24)13-4-2-1-3-5-13;1-3(2)4;/h2*1-8,17H,9-10H2,(H,25,27);1-2H3;1H2/t2*17-,21-;;/m11../s1. The molecule has 0 aromatic heterocycles. The fraction of sp³-hybridized carbons (Fsp3) is 0.267. The van der Waals surface area contributed by atoms with E-state index in [0.29, 0.717) is 33.6 Å². The number of carbonyl (C=O) groups excluding carboxylic acids is 5. The zero-order chi connectivity index (χ0) is 42.0. The van der Waals surface area contributed by atoms with Crippen molar-refractivity contribution < 1.29 is 29.4 Å². The molecule has 14 heteroatoms. The number of anilines is 2. The van der Waals surface area contributed by atoms with E-state index >= 15 is 0 Å². The van der Waals surface area contributed by atoms with Gasteiger partial charge in [0.2, 0.25) is 11.8 Å². The molecule has 12 nitrogen and oxygen atoms in total. The maximum Gasteiger partial charge on any atom is 0.238 e.